The van der Waals surface area contributed by atoms with Gasteiger partial charge in [-0.25, -0.2) is 9.78 Å². The van der Waals surface area contributed by atoms with E-state index in [1.807, 2.05) is 0 Å². The summed E-state index contributed by atoms with van der Waals surface area (Å²) in [5.41, 5.74) is -0.540. The molecule has 2 N–H and O–H groups in total. The van der Waals surface area contributed by atoms with Crippen LogP contribution < -0.4 is 10.6 Å². The average Bonchev–Trinajstić information content (AvgIpc) is 2.68. The van der Waals surface area contributed by atoms with Gasteiger partial charge in [-0.1, -0.05) is 29.8 Å². The number of hydrogen-bond acceptors (Lipinski definition) is 3. The lowest BCUT2D eigenvalue weighted by Gasteiger charge is -2.34. The summed E-state index contributed by atoms with van der Waals surface area (Å²) in [4.78, 5) is 29.7. The number of nitrogens with one attached hydrogen (secondary N) is 2. The maximum atomic E-state index is 13.1. The van der Waals surface area contributed by atoms with Crippen molar-refractivity contribution < 1.29 is 22.8 Å². The molecule has 1 aliphatic rings. The van der Waals surface area contributed by atoms with Crippen LogP contribution in [0.1, 0.15) is 29.9 Å². The maximum absolute atomic E-state index is 13.1. The summed E-state index contributed by atoms with van der Waals surface area (Å²) in [7, 11) is 0. The van der Waals surface area contributed by atoms with Crippen LogP contribution in [-0.2, 0) is 11.0 Å². The van der Waals surface area contributed by atoms with Gasteiger partial charge in [-0.05, 0) is 36.8 Å². The van der Waals surface area contributed by atoms with E-state index in [1.165, 1.54) is 17.0 Å². The van der Waals surface area contributed by atoms with Crippen molar-refractivity contribution in [1.82, 2.24) is 20.5 Å². The lowest BCUT2D eigenvalue weighted by Crippen LogP contribution is -2.58. The van der Waals surface area contributed by atoms with Crippen LogP contribution in [-0.4, -0.2) is 41.0 Å². The van der Waals surface area contributed by atoms with E-state index >= 15 is 0 Å². The molecule has 3 rings (SSSR count). The van der Waals surface area contributed by atoms with Crippen LogP contribution >= 0.6 is 11.6 Å². The molecule has 6 nitrogen and oxygen atoms in total. The minimum atomic E-state index is -4.62. The SMILES string of the molecule is C[C@@H]1C(=O)NCCN1C(=O)N[C@@H](c1ccc(Cl)cc1)c1cccc(C(F)(F)F)n1. The molecule has 0 bridgehead atoms. The van der Waals surface area contributed by atoms with Gasteiger partial charge in [0.15, 0.2) is 0 Å². The molecule has 2 aromatic rings. The fourth-order valence-electron chi connectivity index (χ4n) is 3.02. The van der Waals surface area contributed by atoms with Crippen LogP contribution in [0.25, 0.3) is 0 Å². The van der Waals surface area contributed by atoms with Crippen molar-refractivity contribution in [2.24, 2.45) is 0 Å². The van der Waals surface area contributed by atoms with Crippen LogP contribution in [0.15, 0.2) is 42.5 Å². The molecule has 1 saturated heterocycles. The number of urea groups is 1. The largest absolute Gasteiger partial charge is 0.433 e. The van der Waals surface area contributed by atoms with Crippen LogP contribution in [0.2, 0.25) is 5.02 Å². The van der Waals surface area contributed by atoms with E-state index in [1.54, 1.807) is 31.2 Å². The number of carbonyl (C=O) groups is 2. The summed E-state index contributed by atoms with van der Waals surface area (Å²) in [5.74, 6) is -0.299. The zero-order valence-corrected chi connectivity index (χ0v) is 16.1. The standard InChI is InChI=1S/C19H18ClF3N4O2/c1-11-17(28)24-9-10-27(11)18(29)26-16(12-5-7-13(20)8-6-12)14-3-2-4-15(25-14)19(21,22)23/h2-8,11,16H,9-10H2,1H3,(H,24,28)(H,26,29)/t11-,16+/m1/s1. The van der Waals surface area contributed by atoms with E-state index in [4.69, 9.17) is 11.6 Å². The molecule has 0 radical (unpaired) electrons. The van der Waals surface area contributed by atoms with Crippen LogP contribution in [0.5, 0.6) is 0 Å². The number of carbonyl (C=O) groups excluding carboxylic acids is 2. The smallest absolute Gasteiger partial charge is 0.353 e. The minimum Gasteiger partial charge on any atom is -0.353 e. The van der Waals surface area contributed by atoms with Crippen molar-refractivity contribution in [2.75, 3.05) is 13.1 Å². The van der Waals surface area contributed by atoms with E-state index in [2.05, 4.69) is 15.6 Å². The van der Waals surface area contributed by atoms with Gasteiger partial charge in [-0.2, -0.15) is 13.2 Å². The zero-order valence-electron chi connectivity index (χ0n) is 15.3. The molecule has 0 aliphatic carbocycles. The Bertz CT molecular complexity index is 905. The van der Waals surface area contributed by atoms with Gasteiger partial charge in [0.2, 0.25) is 5.91 Å². The highest BCUT2D eigenvalue weighted by molar-refractivity contribution is 6.30. The third-order valence-corrected chi connectivity index (χ3v) is 4.84. The zero-order chi connectivity index (χ0) is 21.2. The van der Waals surface area contributed by atoms with Gasteiger partial charge in [-0.15, -0.1) is 0 Å². The number of pyridine rings is 1. The Balaban J connectivity index is 1.95. The molecule has 1 aliphatic heterocycles. The third-order valence-electron chi connectivity index (χ3n) is 4.59. The Labute approximate surface area is 170 Å². The van der Waals surface area contributed by atoms with E-state index in [9.17, 15) is 22.8 Å². The second-order valence-corrected chi connectivity index (χ2v) is 6.98. The topological polar surface area (TPSA) is 74.3 Å². The summed E-state index contributed by atoms with van der Waals surface area (Å²) in [6, 6.07) is 7.60. The van der Waals surface area contributed by atoms with Crippen molar-refractivity contribution in [1.29, 1.82) is 0 Å². The van der Waals surface area contributed by atoms with Gasteiger partial charge in [-0.3, -0.25) is 4.79 Å². The van der Waals surface area contributed by atoms with Crippen molar-refractivity contribution in [3.05, 3.63) is 64.4 Å². The fourth-order valence-corrected chi connectivity index (χ4v) is 3.15. The summed E-state index contributed by atoms with van der Waals surface area (Å²) in [6.45, 7) is 2.15. The Morgan fingerprint density at radius 2 is 1.97 bits per heavy atom. The molecule has 0 unspecified atom stereocenters. The first-order valence-electron chi connectivity index (χ1n) is 8.81. The highest BCUT2D eigenvalue weighted by atomic mass is 35.5. The first kappa shape index (κ1) is 20.9. The van der Waals surface area contributed by atoms with Gasteiger partial charge in [0, 0.05) is 18.1 Å². The average molecular weight is 427 g/mol. The molecule has 10 heteroatoms. The predicted octanol–water partition coefficient (Wildman–Crippen LogP) is 3.37. The second-order valence-electron chi connectivity index (χ2n) is 6.54. The molecule has 2 atom stereocenters. The van der Waals surface area contributed by atoms with Crippen molar-refractivity contribution >= 4 is 23.5 Å². The second kappa shape index (κ2) is 8.28. The highest BCUT2D eigenvalue weighted by Gasteiger charge is 2.34. The highest BCUT2D eigenvalue weighted by Crippen LogP contribution is 2.30. The lowest BCUT2D eigenvalue weighted by atomic mass is 10.0. The normalized spacial score (nSPS) is 18.2. The number of rotatable bonds is 3. The number of halogens is 4. The van der Waals surface area contributed by atoms with Crippen LogP contribution in [0, 0.1) is 0 Å². The molecule has 0 saturated carbocycles. The molecule has 154 valence electrons. The third kappa shape index (κ3) is 4.79. The predicted molar refractivity (Wildman–Crippen MR) is 100 cm³/mol. The van der Waals surface area contributed by atoms with Gasteiger partial charge in [0.25, 0.3) is 0 Å². The van der Waals surface area contributed by atoms with E-state index in [0.717, 1.165) is 6.07 Å². The van der Waals surface area contributed by atoms with Gasteiger partial charge in [0.05, 0.1) is 11.7 Å². The van der Waals surface area contributed by atoms with Gasteiger partial charge in [0.1, 0.15) is 11.7 Å². The van der Waals surface area contributed by atoms with Crippen molar-refractivity contribution in [3.8, 4) is 0 Å². The number of amides is 3. The van der Waals surface area contributed by atoms with Crippen molar-refractivity contribution in [3.63, 3.8) is 0 Å². The molecule has 1 aromatic carbocycles. The molecule has 29 heavy (non-hydrogen) atoms. The number of nitrogens with zero attached hydrogens (tertiary/aromatic N) is 2. The number of aromatic nitrogens is 1. The van der Waals surface area contributed by atoms with Crippen LogP contribution in [0.4, 0.5) is 18.0 Å². The maximum Gasteiger partial charge on any atom is 0.433 e. The molecule has 0 spiro atoms. The molecular weight excluding hydrogens is 409 g/mol. The first-order chi connectivity index (χ1) is 13.7. The molecule has 1 fully saturated rings. The minimum absolute atomic E-state index is 0.0182. The van der Waals surface area contributed by atoms with Crippen LogP contribution in [0.3, 0.4) is 0 Å². The van der Waals surface area contributed by atoms with Crippen molar-refractivity contribution in [2.45, 2.75) is 25.2 Å². The van der Waals surface area contributed by atoms with E-state index < -0.39 is 30.0 Å². The summed E-state index contributed by atoms with van der Waals surface area (Å²) >= 11 is 5.91. The molecular formula is C19H18ClF3N4O2. The lowest BCUT2D eigenvalue weighted by molar-refractivity contribution is -0.141. The monoisotopic (exact) mass is 426 g/mol. The Morgan fingerprint density at radius 1 is 1.28 bits per heavy atom. The fraction of sp³-hybridized carbons (Fsp3) is 0.316. The van der Waals surface area contributed by atoms with E-state index in [-0.39, 0.29) is 18.1 Å². The summed E-state index contributed by atoms with van der Waals surface area (Å²) in [6.07, 6.45) is -4.62. The number of hydrogen-bond donors (Lipinski definition) is 2. The molecule has 1 aromatic heterocycles. The summed E-state index contributed by atoms with van der Waals surface area (Å²) < 4.78 is 39.3. The number of alkyl halides is 3. The number of benzene rings is 1. The Hall–Kier alpha value is -2.81. The first-order valence-corrected chi connectivity index (χ1v) is 9.19. The van der Waals surface area contributed by atoms with E-state index in [0.29, 0.717) is 17.1 Å². The summed E-state index contributed by atoms with van der Waals surface area (Å²) in [5, 5.41) is 5.80. The van der Waals surface area contributed by atoms with Gasteiger partial charge >= 0.3 is 12.2 Å². The number of piperazine rings is 1. The molecule has 2 heterocycles. The van der Waals surface area contributed by atoms with Gasteiger partial charge < -0.3 is 15.5 Å². The quantitative estimate of drug-likeness (QED) is 0.790. The molecule has 3 amide bonds. The Kier molecular flexibility index (Phi) is 5.97. The Morgan fingerprint density at radius 3 is 2.62 bits per heavy atom.